The summed E-state index contributed by atoms with van der Waals surface area (Å²) in [6.45, 7) is 6.14. The molecule has 0 atom stereocenters. The van der Waals surface area contributed by atoms with E-state index in [4.69, 9.17) is 5.11 Å². The molecule has 0 spiro atoms. The summed E-state index contributed by atoms with van der Waals surface area (Å²) in [5, 5.41) is 11.6. The van der Waals surface area contributed by atoms with Gasteiger partial charge in [0.05, 0.1) is 0 Å². The van der Waals surface area contributed by atoms with Gasteiger partial charge in [0.15, 0.2) is 0 Å². The fraction of sp³-hybridized carbons (Fsp3) is 0.417. The Bertz CT molecular complexity index is 359. The maximum atomic E-state index is 10.5. The first kappa shape index (κ1) is 11.6. The predicted molar refractivity (Wildman–Crippen MR) is 61.4 cm³/mol. The van der Waals surface area contributed by atoms with E-state index in [1.165, 1.54) is 0 Å². The fourth-order valence-electron chi connectivity index (χ4n) is 1.58. The highest BCUT2D eigenvalue weighted by Crippen LogP contribution is 2.26. The van der Waals surface area contributed by atoms with Crippen molar-refractivity contribution in [1.29, 1.82) is 0 Å². The van der Waals surface area contributed by atoms with Crippen LogP contribution >= 0.6 is 0 Å². The lowest BCUT2D eigenvalue weighted by molar-refractivity contribution is -0.134. The van der Waals surface area contributed by atoms with Gasteiger partial charge in [0.2, 0.25) is 0 Å². The van der Waals surface area contributed by atoms with Crippen molar-refractivity contribution < 1.29 is 9.90 Å². The number of para-hydroxylation sites is 1. The molecule has 0 fully saturated rings. The van der Waals surface area contributed by atoms with Gasteiger partial charge in [-0.25, -0.2) is 0 Å². The van der Waals surface area contributed by atoms with Crippen molar-refractivity contribution in [3.63, 3.8) is 0 Å². The molecule has 2 N–H and O–H groups in total. The topological polar surface area (TPSA) is 49.3 Å². The molecule has 0 aliphatic carbocycles. The standard InChI is InChI=1S/C12H17NO2/c1-8(2)10-6-4-5-9(3)12(10)13-7-11(14)15/h4-6,8,13H,7H2,1-3H3,(H,14,15). The highest BCUT2D eigenvalue weighted by molar-refractivity contribution is 5.74. The van der Waals surface area contributed by atoms with Crippen molar-refractivity contribution in [2.24, 2.45) is 0 Å². The first-order chi connectivity index (χ1) is 7.02. The van der Waals surface area contributed by atoms with Gasteiger partial charge in [-0.1, -0.05) is 32.0 Å². The van der Waals surface area contributed by atoms with Crippen LogP contribution in [0.25, 0.3) is 0 Å². The van der Waals surface area contributed by atoms with Crippen LogP contribution in [0.3, 0.4) is 0 Å². The number of rotatable bonds is 4. The minimum atomic E-state index is -0.840. The number of hydrogen-bond acceptors (Lipinski definition) is 2. The number of carbonyl (C=O) groups is 1. The molecule has 0 heterocycles. The molecule has 0 aliphatic heterocycles. The summed E-state index contributed by atoms with van der Waals surface area (Å²) in [7, 11) is 0. The second-order valence-electron chi connectivity index (χ2n) is 3.94. The van der Waals surface area contributed by atoms with E-state index in [0.29, 0.717) is 5.92 Å². The molecule has 0 aromatic heterocycles. The maximum absolute atomic E-state index is 10.5. The predicted octanol–water partition coefficient (Wildman–Crippen LogP) is 2.61. The smallest absolute Gasteiger partial charge is 0.322 e. The number of carboxylic acid groups (broad SMARTS) is 1. The zero-order valence-electron chi connectivity index (χ0n) is 9.37. The van der Waals surface area contributed by atoms with Crippen LogP contribution in [0.15, 0.2) is 18.2 Å². The van der Waals surface area contributed by atoms with Crippen LogP contribution in [0.2, 0.25) is 0 Å². The van der Waals surface area contributed by atoms with Crippen LogP contribution in [-0.2, 0) is 4.79 Å². The van der Waals surface area contributed by atoms with Crippen LogP contribution in [0.5, 0.6) is 0 Å². The van der Waals surface area contributed by atoms with Gasteiger partial charge in [-0.15, -0.1) is 0 Å². The molecule has 0 aliphatic rings. The minimum Gasteiger partial charge on any atom is -0.480 e. The molecule has 0 saturated carbocycles. The van der Waals surface area contributed by atoms with E-state index in [1.54, 1.807) is 0 Å². The van der Waals surface area contributed by atoms with Crippen molar-refractivity contribution in [3.8, 4) is 0 Å². The number of anilines is 1. The van der Waals surface area contributed by atoms with E-state index in [0.717, 1.165) is 16.8 Å². The van der Waals surface area contributed by atoms with E-state index in [1.807, 2.05) is 25.1 Å². The second-order valence-corrected chi connectivity index (χ2v) is 3.94. The molecular formula is C12H17NO2. The zero-order valence-corrected chi connectivity index (χ0v) is 9.37. The minimum absolute atomic E-state index is 0.0371. The van der Waals surface area contributed by atoms with Gasteiger partial charge in [-0.2, -0.15) is 0 Å². The summed E-state index contributed by atoms with van der Waals surface area (Å²) >= 11 is 0. The average molecular weight is 207 g/mol. The summed E-state index contributed by atoms with van der Waals surface area (Å²) in [6.07, 6.45) is 0. The first-order valence-electron chi connectivity index (χ1n) is 5.07. The molecule has 82 valence electrons. The van der Waals surface area contributed by atoms with Crippen molar-refractivity contribution in [2.75, 3.05) is 11.9 Å². The van der Waals surface area contributed by atoms with Crippen LogP contribution < -0.4 is 5.32 Å². The molecule has 0 radical (unpaired) electrons. The summed E-state index contributed by atoms with van der Waals surface area (Å²) in [5.74, 6) is -0.450. The number of aryl methyl sites for hydroxylation is 1. The lowest BCUT2D eigenvalue weighted by Crippen LogP contribution is -2.14. The van der Waals surface area contributed by atoms with Crippen LogP contribution in [0.1, 0.15) is 30.9 Å². The largest absolute Gasteiger partial charge is 0.480 e. The van der Waals surface area contributed by atoms with Crippen molar-refractivity contribution >= 4 is 11.7 Å². The van der Waals surface area contributed by atoms with Gasteiger partial charge < -0.3 is 10.4 Å². The van der Waals surface area contributed by atoms with Crippen molar-refractivity contribution in [1.82, 2.24) is 0 Å². The lowest BCUT2D eigenvalue weighted by Gasteiger charge is -2.16. The summed E-state index contributed by atoms with van der Waals surface area (Å²) in [5.41, 5.74) is 3.20. The zero-order chi connectivity index (χ0) is 11.4. The SMILES string of the molecule is Cc1cccc(C(C)C)c1NCC(=O)O. The van der Waals surface area contributed by atoms with Gasteiger partial charge in [-0.05, 0) is 24.0 Å². The number of benzene rings is 1. The molecule has 3 nitrogen and oxygen atoms in total. The maximum Gasteiger partial charge on any atom is 0.322 e. The van der Waals surface area contributed by atoms with Crippen LogP contribution in [-0.4, -0.2) is 17.6 Å². The molecule has 1 aromatic rings. The van der Waals surface area contributed by atoms with E-state index < -0.39 is 5.97 Å². The third-order valence-electron chi connectivity index (χ3n) is 2.34. The number of aliphatic carboxylic acids is 1. The van der Waals surface area contributed by atoms with Gasteiger partial charge in [0.25, 0.3) is 0 Å². The Morgan fingerprint density at radius 3 is 2.67 bits per heavy atom. The molecule has 1 aromatic carbocycles. The molecule has 15 heavy (non-hydrogen) atoms. The molecule has 0 amide bonds. The van der Waals surface area contributed by atoms with E-state index in [-0.39, 0.29) is 6.54 Å². The molecule has 0 unspecified atom stereocenters. The van der Waals surface area contributed by atoms with Gasteiger partial charge >= 0.3 is 5.97 Å². The van der Waals surface area contributed by atoms with E-state index in [2.05, 4.69) is 19.2 Å². The highest BCUT2D eigenvalue weighted by atomic mass is 16.4. The Morgan fingerprint density at radius 1 is 1.47 bits per heavy atom. The summed E-state index contributed by atoms with van der Waals surface area (Å²) in [4.78, 5) is 10.5. The Kier molecular flexibility index (Phi) is 3.72. The molecule has 1 rings (SSSR count). The fourth-order valence-corrected chi connectivity index (χ4v) is 1.58. The van der Waals surface area contributed by atoms with Gasteiger partial charge in [-0.3, -0.25) is 4.79 Å². The average Bonchev–Trinajstić information content (AvgIpc) is 2.15. The third kappa shape index (κ3) is 2.98. The number of hydrogen-bond donors (Lipinski definition) is 2. The van der Waals surface area contributed by atoms with Crippen molar-refractivity contribution in [3.05, 3.63) is 29.3 Å². The first-order valence-corrected chi connectivity index (χ1v) is 5.07. The second kappa shape index (κ2) is 4.82. The van der Waals surface area contributed by atoms with Crippen LogP contribution in [0, 0.1) is 6.92 Å². The van der Waals surface area contributed by atoms with E-state index >= 15 is 0 Å². The Hall–Kier alpha value is -1.51. The Labute approximate surface area is 90.1 Å². The molecular weight excluding hydrogens is 190 g/mol. The van der Waals surface area contributed by atoms with E-state index in [9.17, 15) is 4.79 Å². The van der Waals surface area contributed by atoms with Crippen molar-refractivity contribution in [2.45, 2.75) is 26.7 Å². The monoisotopic (exact) mass is 207 g/mol. The Balaban J connectivity index is 2.97. The summed E-state index contributed by atoms with van der Waals surface area (Å²) < 4.78 is 0. The molecule has 0 bridgehead atoms. The quantitative estimate of drug-likeness (QED) is 0.797. The van der Waals surface area contributed by atoms with Gasteiger partial charge in [0, 0.05) is 5.69 Å². The molecule has 3 heteroatoms. The molecule has 0 saturated heterocycles. The summed E-state index contributed by atoms with van der Waals surface area (Å²) in [6, 6.07) is 6.01. The normalized spacial score (nSPS) is 10.4. The van der Waals surface area contributed by atoms with Crippen LogP contribution in [0.4, 0.5) is 5.69 Å². The highest BCUT2D eigenvalue weighted by Gasteiger charge is 2.09. The third-order valence-corrected chi connectivity index (χ3v) is 2.34. The number of carboxylic acids is 1. The Morgan fingerprint density at radius 2 is 2.13 bits per heavy atom. The lowest BCUT2D eigenvalue weighted by atomic mass is 9.98. The number of nitrogens with one attached hydrogen (secondary N) is 1. The van der Waals surface area contributed by atoms with Gasteiger partial charge in [0.1, 0.15) is 6.54 Å².